The van der Waals surface area contributed by atoms with Crippen LogP contribution < -0.4 is 5.73 Å². The summed E-state index contributed by atoms with van der Waals surface area (Å²) in [6.07, 6.45) is 2.12. The van der Waals surface area contributed by atoms with Crippen molar-refractivity contribution in [1.29, 1.82) is 0 Å². The highest BCUT2D eigenvalue weighted by molar-refractivity contribution is 7.98. The molecule has 0 unspecified atom stereocenters. The number of thioether (sulfide) groups is 1. The van der Waals surface area contributed by atoms with Crippen LogP contribution in [0.15, 0.2) is 11.4 Å². The van der Waals surface area contributed by atoms with Crippen LogP contribution in [0.2, 0.25) is 0 Å². The molecule has 100 valence electrons. The van der Waals surface area contributed by atoms with Crippen molar-refractivity contribution in [2.45, 2.75) is 0 Å². The van der Waals surface area contributed by atoms with Crippen molar-refractivity contribution >= 4 is 34.7 Å². The van der Waals surface area contributed by atoms with E-state index in [0.717, 1.165) is 38.5 Å². The van der Waals surface area contributed by atoms with E-state index in [4.69, 9.17) is 5.73 Å². The number of anilines is 1. The monoisotopic (exact) mass is 285 g/mol. The summed E-state index contributed by atoms with van der Waals surface area (Å²) in [6, 6.07) is 1.80. The zero-order valence-electron chi connectivity index (χ0n) is 10.6. The average molecular weight is 285 g/mol. The minimum absolute atomic E-state index is 0.0898. The Morgan fingerprint density at radius 3 is 2.72 bits per heavy atom. The maximum Gasteiger partial charge on any atom is 0.266 e. The van der Waals surface area contributed by atoms with Gasteiger partial charge in [0.25, 0.3) is 5.91 Å². The first-order chi connectivity index (χ1) is 8.72. The van der Waals surface area contributed by atoms with Gasteiger partial charge in [-0.2, -0.15) is 11.8 Å². The quantitative estimate of drug-likeness (QED) is 0.910. The highest BCUT2D eigenvalue weighted by Crippen LogP contribution is 2.21. The van der Waals surface area contributed by atoms with E-state index in [1.54, 1.807) is 6.07 Å². The van der Waals surface area contributed by atoms with Gasteiger partial charge in [0.2, 0.25) is 0 Å². The highest BCUT2D eigenvalue weighted by atomic mass is 32.2. The van der Waals surface area contributed by atoms with Crippen molar-refractivity contribution < 1.29 is 4.79 Å². The Balaban J connectivity index is 1.86. The number of nitrogens with zero attached hydrogens (tertiary/aromatic N) is 2. The lowest BCUT2D eigenvalue weighted by Crippen LogP contribution is -2.49. The predicted octanol–water partition coefficient (Wildman–Crippen LogP) is 1.45. The van der Waals surface area contributed by atoms with Gasteiger partial charge in [-0.3, -0.25) is 9.69 Å². The first-order valence-electron chi connectivity index (χ1n) is 6.06. The number of nitrogens with two attached hydrogens (primary N) is 1. The third-order valence-corrected chi connectivity index (χ3v) is 4.67. The number of hydrogen-bond donors (Lipinski definition) is 1. The van der Waals surface area contributed by atoms with E-state index in [1.807, 2.05) is 22.0 Å². The van der Waals surface area contributed by atoms with Crippen LogP contribution in [-0.2, 0) is 0 Å². The van der Waals surface area contributed by atoms with Crippen molar-refractivity contribution in [3.63, 3.8) is 0 Å². The molecule has 1 aromatic heterocycles. The molecule has 2 rings (SSSR count). The number of carbonyl (C=O) groups excluding carboxylic acids is 1. The molecule has 0 aromatic carbocycles. The van der Waals surface area contributed by atoms with Crippen molar-refractivity contribution in [2.75, 3.05) is 50.5 Å². The number of nitrogen functional groups attached to an aromatic ring is 1. The summed E-state index contributed by atoms with van der Waals surface area (Å²) in [6.45, 7) is 4.68. The van der Waals surface area contributed by atoms with Crippen molar-refractivity contribution in [3.05, 3.63) is 16.3 Å². The molecule has 2 heterocycles. The summed E-state index contributed by atoms with van der Waals surface area (Å²) in [5.41, 5.74) is 6.40. The molecule has 0 bridgehead atoms. The number of piperazine rings is 1. The SMILES string of the molecule is CSCCN1CCN(C(=O)c2sccc2N)CC1. The number of hydrogen-bond acceptors (Lipinski definition) is 5. The molecule has 0 saturated carbocycles. The molecule has 0 radical (unpaired) electrons. The van der Waals surface area contributed by atoms with Gasteiger partial charge >= 0.3 is 0 Å². The lowest BCUT2D eigenvalue weighted by atomic mass is 10.3. The average Bonchev–Trinajstić information content (AvgIpc) is 2.82. The Bertz CT molecular complexity index is 400. The lowest BCUT2D eigenvalue weighted by Gasteiger charge is -2.34. The molecule has 1 saturated heterocycles. The normalized spacial score (nSPS) is 17.1. The van der Waals surface area contributed by atoms with Crippen LogP contribution in [0.1, 0.15) is 9.67 Å². The standard InChI is InChI=1S/C12H19N3OS2/c1-17-9-7-14-3-5-15(6-4-14)12(16)11-10(13)2-8-18-11/h2,8H,3-7,9,13H2,1H3. The molecule has 6 heteroatoms. The molecule has 2 N–H and O–H groups in total. The number of rotatable bonds is 4. The third kappa shape index (κ3) is 3.18. The molecule has 0 aliphatic carbocycles. The Morgan fingerprint density at radius 1 is 1.44 bits per heavy atom. The third-order valence-electron chi connectivity index (χ3n) is 3.16. The van der Waals surface area contributed by atoms with E-state index >= 15 is 0 Å². The zero-order chi connectivity index (χ0) is 13.0. The second kappa shape index (κ2) is 6.45. The fourth-order valence-electron chi connectivity index (χ4n) is 2.03. The van der Waals surface area contributed by atoms with E-state index < -0.39 is 0 Å². The van der Waals surface area contributed by atoms with Crippen LogP contribution >= 0.6 is 23.1 Å². The highest BCUT2D eigenvalue weighted by Gasteiger charge is 2.23. The minimum Gasteiger partial charge on any atom is -0.397 e. The second-order valence-corrected chi connectivity index (χ2v) is 6.23. The smallest absolute Gasteiger partial charge is 0.266 e. The van der Waals surface area contributed by atoms with Gasteiger partial charge in [-0.1, -0.05) is 0 Å². The zero-order valence-corrected chi connectivity index (χ0v) is 12.2. The summed E-state index contributed by atoms with van der Waals surface area (Å²) in [7, 11) is 0. The first-order valence-corrected chi connectivity index (χ1v) is 8.33. The van der Waals surface area contributed by atoms with Crippen LogP contribution in [-0.4, -0.2) is 60.4 Å². The maximum absolute atomic E-state index is 12.2. The summed E-state index contributed by atoms with van der Waals surface area (Å²) in [4.78, 5) is 17.3. The number of thiophene rings is 1. The van der Waals surface area contributed by atoms with Crippen LogP contribution in [0.25, 0.3) is 0 Å². The molecular weight excluding hydrogens is 266 g/mol. The molecular formula is C12H19N3OS2. The summed E-state index contributed by atoms with van der Waals surface area (Å²) < 4.78 is 0. The molecule has 1 fully saturated rings. The molecule has 0 atom stereocenters. The Hall–Kier alpha value is -0.720. The fourth-order valence-corrected chi connectivity index (χ4v) is 3.26. The van der Waals surface area contributed by atoms with Gasteiger partial charge in [-0.15, -0.1) is 11.3 Å². The Labute approximate surface area is 116 Å². The Kier molecular flexibility index (Phi) is 4.91. The van der Waals surface area contributed by atoms with E-state index in [1.165, 1.54) is 11.3 Å². The maximum atomic E-state index is 12.2. The van der Waals surface area contributed by atoms with Gasteiger partial charge in [0.15, 0.2) is 0 Å². The van der Waals surface area contributed by atoms with Gasteiger partial charge < -0.3 is 10.6 Å². The van der Waals surface area contributed by atoms with Gasteiger partial charge in [0.05, 0.1) is 5.69 Å². The van der Waals surface area contributed by atoms with E-state index in [0.29, 0.717) is 10.6 Å². The molecule has 4 nitrogen and oxygen atoms in total. The molecule has 1 aliphatic heterocycles. The van der Waals surface area contributed by atoms with Gasteiger partial charge in [0, 0.05) is 38.5 Å². The molecule has 1 amide bonds. The van der Waals surface area contributed by atoms with E-state index in [-0.39, 0.29) is 5.91 Å². The first kappa shape index (κ1) is 13.7. The van der Waals surface area contributed by atoms with Crippen molar-refractivity contribution in [2.24, 2.45) is 0 Å². The van der Waals surface area contributed by atoms with Crippen molar-refractivity contribution in [1.82, 2.24) is 9.80 Å². The second-order valence-electron chi connectivity index (χ2n) is 4.33. The van der Waals surface area contributed by atoms with Crippen molar-refractivity contribution in [3.8, 4) is 0 Å². The van der Waals surface area contributed by atoms with Crippen LogP contribution in [0.3, 0.4) is 0 Å². The number of carbonyl (C=O) groups is 1. The molecule has 1 aliphatic rings. The van der Waals surface area contributed by atoms with E-state index in [9.17, 15) is 4.79 Å². The Morgan fingerprint density at radius 2 is 2.17 bits per heavy atom. The van der Waals surface area contributed by atoms with E-state index in [2.05, 4.69) is 11.2 Å². The van der Waals surface area contributed by atoms with Crippen LogP contribution in [0.4, 0.5) is 5.69 Å². The fraction of sp³-hybridized carbons (Fsp3) is 0.583. The summed E-state index contributed by atoms with van der Waals surface area (Å²) in [5, 5.41) is 1.87. The molecule has 0 spiro atoms. The molecule has 18 heavy (non-hydrogen) atoms. The molecule has 1 aromatic rings. The van der Waals surface area contributed by atoms with Gasteiger partial charge in [-0.25, -0.2) is 0 Å². The van der Waals surface area contributed by atoms with Gasteiger partial charge in [-0.05, 0) is 17.7 Å². The lowest BCUT2D eigenvalue weighted by molar-refractivity contribution is 0.0650. The van der Waals surface area contributed by atoms with Crippen LogP contribution in [0.5, 0.6) is 0 Å². The summed E-state index contributed by atoms with van der Waals surface area (Å²) in [5.74, 6) is 1.25. The topological polar surface area (TPSA) is 49.6 Å². The largest absolute Gasteiger partial charge is 0.397 e. The number of amides is 1. The summed E-state index contributed by atoms with van der Waals surface area (Å²) >= 11 is 3.30. The van der Waals surface area contributed by atoms with Gasteiger partial charge in [0.1, 0.15) is 4.88 Å². The predicted molar refractivity (Wildman–Crippen MR) is 79.5 cm³/mol. The van der Waals surface area contributed by atoms with Crippen LogP contribution in [0, 0.1) is 0 Å². The minimum atomic E-state index is 0.0898.